The Morgan fingerprint density at radius 2 is 1.60 bits per heavy atom. The summed E-state index contributed by atoms with van der Waals surface area (Å²) in [5.74, 6) is 0. The SMILES string of the molecule is C=C(C)CCCC.C=CCCCCCC. The molecule has 0 aliphatic rings. The molecule has 0 spiro atoms. The second kappa shape index (κ2) is 15.9. The average molecular weight is 210 g/mol. The number of hydrogen-bond donors (Lipinski definition) is 0. The Morgan fingerprint density at radius 1 is 1.00 bits per heavy atom. The van der Waals surface area contributed by atoms with E-state index in [1.54, 1.807) is 0 Å². The zero-order valence-electron chi connectivity index (χ0n) is 11.1. The van der Waals surface area contributed by atoms with Crippen LogP contribution in [0.25, 0.3) is 0 Å². The standard InChI is InChI=1S/C8H16.C7H14/c1-3-5-7-8-6-4-2;1-4-5-6-7(2)3/h3H,1,4-8H2,2H3;2,4-6H2,1,3H3. The van der Waals surface area contributed by atoms with Gasteiger partial charge in [0.15, 0.2) is 0 Å². The van der Waals surface area contributed by atoms with Crippen molar-refractivity contribution in [3.63, 3.8) is 0 Å². The van der Waals surface area contributed by atoms with Crippen molar-refractivity contribution in [3.8, 4) is 0 Å². The molecule has 0 bridgehead atoms. The van der Waals surface area contributed by atoms with Crippen LogP contribution in [0, 0.1) is 0 Å². The number of allylic oxidation sites excluding steroid dienone is 2. The van der Waals surface area contributed by atoms with Crippen molar-refractivity contribution in [2.75, 3.05) is 0 Å². The molecule has 90 valence electrons. The maximum Gasteiger partial charge on any atom is -0.0326 e. The van der Waals surface area contributed by atoms with Crippen LogP contribution in [0.3, 0.4) is 0 Å². The molecule has 0 heterocycles. The molecule has 0 aliphatic carbocycles. The summed E-state index contributed by atoms with van der Waals surface area (Å²) in [6.45, 7) is 14.0. The van der Waals surface area contributed by atoms with Crippen molar-refractivity contribution in [1.82, 2.24) is 0 Å². The van der Waals surface area contributed by atoms with Crippen molar-refractivity contribution in [1.29, 1.82) is 0 Å². The molecule has 0 atom stereocenters. The Bertz CT molecular complexity index is 133. The molecule has 15 heavy (non-hydrogen) atoms. The van der Waals surface area contributed by atoms with Gasteiger partial charge >= 0.3 is 0 Å². The van der Waals surface area contributed by atoms with E-state index < -0.39 is 0 Å². The molecular formula is C15H30. The van der Waals surface area contributed by atoms with Gasteiger partial charge in [-0.2, -0.15) is 0 Å². The van der Waals surface area contributed by atoms with Gasteiger partial charge in [0, 0.05) is 0 Å². The van der Waals surface area contributed by atoms with E-state index in [-0.39, 0.29) is 0 Å². The summed E-state index contributed by atoms with van der Waals surface area (Å²) in [6, 6.07) is 0. The van der Waals surface area contributed by atoms with E-state index in [0.29, 0.717) is 0 Å². The molecule has 0 fully saturated rings. The van der Waals surface area contributed by atoms with Crippen LogP contribution >= 0.6 is 0 Å². The molecule has 0 aromatic rings. The van der Waals surface area contributed by atoms with Crippen LogP contribution in [-0.4, -0.2) is 0 Å². The lowest BCUT2D eigenvalue weighted by Gasteiger charge is -1.91. The minimum absolute atomic E-state index is 1.19. The van der Waals surface area contributed by atoms with Crippen molar-refractivity contribution in [3.05, 3.63) is 24.8 Å². The van der Waals surface area contributed by atoms with Gasteiger partial charge in [-0.1, -0.05) is 51.2 Å². The Balaban J connectivity index is 0. The predicted octanol–water partition coefficient (Wildman–Crippen LogP) is 5.90. The fourth-order valence-corrected chi connectivity index (χ4v) is 1.19. The third-order valence-corrected chi connectivity index (χ3v) is 2.22. The molecule has 0 aromatic heterocycles. The maximum atomic E-state index is 3.79. The van der Waals surface area contributed by atoms with E-state index in [2.05, 4.69) is 33.9 Å². The lowest BCUT2D eigenvalue weighted by atomic mass is 10.2. The summed E-state index contributed by atoms with van der Waals surface area (Å²) in [7, 11) is 0. The van der Waals surface area contributed by atoms with E-state index in [9.17, 15) is 0 Å². The molecule has 0 unspecified atom stereocenters. The van der Waals surface area contributed by atoms with E-state index >= 15 is 0 Å². The lowest BCUT2D eigenvalue weighted by Crippen LogP contribution is -1.71. The highest BCUT2D eigenvalue weighted by molar-refractivity contribution is 4.86. The van der Waals surface area contributed by atoms with E-state index in [1.807, 2.05) is 6.08 Å². The first-order valence-corrected chi connectivity index (χ1v) is 6.44. The zero-order chi connectivity index (χ0) is 11.9. The maximum absolute atomic E-state index is 3.79. The van der Waals surface area contributed by atoms with Crippen LogP contribution in [0.15, 0.2) is 24.8 Å². The predicted molar refractivity (Wildman–Crippen MR) is 73.3 cm³/mol. The topological polar surface area (TPSA) is 0 Å². The summed E-state index contributed by atoms with van der Waals surface area (Å²) >= 11 is 0. The Morgan fingerprint density at radius 3 is 1.93 bits per heavy atom. The van der Waals surface area contributed by atoms with Crippen LogP contribution in [-0.2, 0) is 0 Å². The highest BCUT2D eigenvalue weighted by atomic mass is 13.9. The molecule has 0 radical (unpaired) electrons. The van der Waals surface area contributed by atoms with Gasteiger partial charge in [-0.3, -0.25) is 0 Å². The Labute approximate surface area is 97.5 Å². The molecule has 0 N–H and O–H groups in total. The third-order valence-electron chi connectivity index (χ3n) is 2.22. The molecule has 0 aliphatic heterocycles. The normalized spacial score (nSPS) is 9.00. The summed E-state index contributed by atoms with van der Waals surface area (Å²) in [4.78, 5) is 0. The van der Waals surface area contributed by atoms with Gasteiger partial charge in [0.1, 0.15) is 0 Å². The van der Waals surface area contributed by atoms with Gasteiger partial charge in [0.25, 0.3) is 0 Å². The molecule has 0 rings (SSSR count). The summed E-state index contributed by atoms with van der Waals surface area (Å²) < 4.78 is 0. The average Bonchev–Trinajstić information content (AvgIpc) is 2.22. The first-order chi connectivity index (χ1) is 7.18. The number of rotatable bonds is 8. The molecule has 0 aromatic carbocycles. The molecule has 0 nitrogen and oxygen atoms in total. The van der Waals surface area contributed by atoms with Gasteiger partial charge in [-0.25, -0.2) is 0 Å². The first kappa shape index (κ1) is 16.9. The second-order valence-corrected chi connectivity index (χ2v) is 4.20. The van der Waals surface area contributed by atoms with Gasteiger partial charge in [-0.05, 0) is 32.6 Å². The molecule has 0 saturated carbocycles. The van der Waals surface area contributed by atoms with Crippen LogP contribution < -0.4 is 0 Å². The van der Waals surface area contributed by atoms with Crippen LogP contribution in [0.5, 0.6) is 0 Å². The number of hydrogen-bond acceptors (Lipinski definition) is 0. The van der Waals surface area contributed by atoms with E-state index in [0.717, 1.165) is 0 Å². The smallest absolute Gasteiger partial charge is 0.0326 e. The van der Waals surface area contributed by atoms with E-state index in [1.165, 1.54) is 56.9 Å². The monoisotopic (exact) mass is 210 g/mol. The van der Waals surface area contributed by atoms with Crippen molar-refractivity contribution < 1.29 is 0 Å². The first-order valence-electron chi connectivity index (χ1n) is 6.44. The summed E-state index contributed by atoms with van der Waals surface area (Å²) in [5.41, 5.74) is 1.31. The number of unbranched alkanes of at least 4 members (excludes halogenated alkanes) is 5. The lowest BCUT2D eigenvalue weighted by molar-refractivity contribution is 0.675. The largest absolute Gasteiger partial charge is 0.103 e. The molecule has 0 saturated heterocycles. The third kappa shape index (κ3) is 24.7. The summed E-state index contributed by atoms with van der Waals surface area (Å²) in [6.07, 6.45) is 12.4. The van der Waals surface area contributed by atoms with Crippen molar-refractivity contribution in [2.24, 2.45) is 0 Å². The van der Waals surface area contributed by atoms with Crippen molar-refractivity contribution >= 4 is 0 Å². The van der Waals surface area contributed by atoms with Gasteiger partial charge in [0.05, 0.1) is 0 Å². The van der Waals surface area contributed by atoms with Crippen molar-refractivity contribution in [2.45, 2.75) is 72.1 Å². The van der Waals surface area contributed by atoms with Crippen LogP contribution in [0.1, 0.15) is 72.1 Å². The molecule has 0 amide bonds. The minimum Gasteiger partial charge on any atom is -0.103 e. The Kier molecular flexibility index (Phi) is 17.9. The van der Waals surface area contributed by atoms with Gasteiger partial charge < -0.3 is 0 Å². The van der Waals surface area contributed by atoms with Gasteiger partial charge in [-0.15, -0.1) is 13.2 Å². The van der Waals surface area contributed by atoms with Crippen LogP contribution in [0.4, 0.5) is 0 Å². The fraction of sp³-hybridized carbons (Fsp3) is 0.733. The van der Waals surface area contributed by atoms with Crippen LogP contribution in [0.2, 0.25) is 0 Å². The summed E-state index contributed by atoms with van der Waals surface area (Å²) in [5, 5.41) is 0. The fourth-order valence-electron chi connectivity index (χ4n) is 1.19. The molecular weight excluding hydrogens is 180 g/mol. The minimum atomic E-state index is 1.19. The highest BCUT2D eigenvalue weighted by Gasteiger charge is 1.82. The second-order valence-electron chi connectivity index (χ2n) is 4.20. The highest BCUT2D eigenvalue weighted by Crippen LogP contribution is 2.02. The quantitative estimate of drug-likeness (QED) is 0.346. The van der Waals surface area contributed by atoms with E-state index in [4.69, 9.17) is 0 Å². The Hall–Kier alpha value is -0.520. The van der Waals surface area contributed by atoms with Gasteiger partial charge in [0.2, 0.25) is 0 Å². The zero-order valence-corrected chi connectivity index (χ0v) is 11.1. The molecule has 0 heteroatoms.